The summed E-state index contributed by atoms with van der Waals surface area (Å²) < 4.78 is 41.2. The molecular weight excluding hydrogens is 303 g/mol. The molecule has 1 fully saturated rings. The van der Waals surface area contributed by atoms with Crippen molar-refractivity contribution in [3.8, 4) is 5.75 Å². The largest absolute Gasteiger partial charge is 0.498 e. The van der Waals surface area contributed by atoms with Crippen LogP contribution in [0.3, 0.4) is 0 Å². The van der Waals surface area contributed by atoms with Gasteiger partial charge in [0.25, 0.3) is 0 Å². The molecule has 22 heavy (non-hydrogen) atoms. The minimum atomic E-state index is -3.31. The summed E-state index contributed by atoms with van der Waals surface area (Å²) in [6.07, 6.45) is 1.18. The van der Waals surface area contributed by atoms with E-state index in [0.29, 0.717) is 17.8 Å². The summed E-state index contributed by atoms with van der Waals surface area (Å²) in [5.41, 5.74) is -0.395. The van der Waals surface area contributed by atoms with Gasteiger partial charge in [-0.3, -0.25) is 0 Å². The lowest BCUT2D eigenvalue weighted by Crippen LogP contribution is -2.41. The summed E-state index contributed by atoms with van der Waals surface area (Å²) in [6.45, 7) is 10.2. The molecular formula is C15H23BO5S. The van der Waals surface area contributed by atoms with Crippen molar-refractivity contribution < 1.29 is 22.5 Å². The van der Waals surface area contributed by atoms with E-state index in [0.717, 1.165) is 0 Å². The van der Waals surface area contributed by atoms with Crippen molar-refractivity contribution in [2.45, 2.75) is 50.7 Å². The first-order chi connectivity index (χ1) is 9.98. The Labute approximate surface area is 133 Å². The summed E-state index contributed by atoms with van der Waals surface area (Å²) in [4.78, 5) is 0.223. The third-order valence-electron chi connectivity index (χ3n) is 4.22. The van der Waals surface area contributed by atoms with E-state index in [1.54, 1.807) is 12.1 Å². The molecule has 1 aliphatic heterocycles. The van der Waals surface area contributed by atoms with Gasteiger partial charge in [0, 0.05) is 11.7 Å². The maximum absolute atomic E-state index is 11.8. The van der Waals surface area contributed by atoms with E-state index in [-0.39, 0.29) is 4.90 Å². The van der Waals surface area contributed by atoms with Gasteiger partial charge in [-0.05, 0) is 52.8 Å². The highest BCUT2D eigenvalue weighted by atomic mass is 32.2. The molecule has 0 saturated carbocycles. The molecule has 1 aliphatic rings. The zero-order valence-electron chi connectivity index (χ0n) is 14.0. The lowest BCUT2D eigenvalue weighted by atomic mass is 9.78. The molecule has 1 aromatic rings. The highest BCUT2D eigenvalue weighted by molar-refractivity contribution is 7.90. The Morgan fingerprint density at radius 1 is 1.14 bits per heavy atom. The van der Waals surface area contributed by atoms with Gasteiger partial charge < -0.3 is 14.0 Å². The summed E-state index contributed by atoms with van der Waals surface area (Å²) in [5.74, 6) is 0.577. The van der Waals surface area contributed by atoms with Gasteiger partial charge in [0.1, 0.15) is 5.75 Å². The van der Waals surface area contributed by atoms with Gasteiger partial charge in [0.2, 0.25) is 0 Å². The molecule has 1 heterocycles. The predicted molar refractivity (Wildman–Crippen MR) is 86.4 cm³/mol. The van der Waals surface area contributed by atoms with E-state index in [9.17, 15) is 8.42 Å². The topological polar surface area (TPSA) is 61.8 Å². The predicted octanol–water partition coefficient (Wildman–Crippen LogP) is 1.79. The summed E-state index contributed by atoms with van der Waals surface area (Å²) in [6, 6.07) is 4.76. The highest BCUT2D eigenvalue weighted by Crippen LogP contribution is 2.37. The molecule has 0 aliphatic carbocycles. The van der Waals surface area contributed by atoms with Crippen LogP contribution in [0, 0.1) is 0 Å². The fraction of sp³-hybridized carbons (Fsp3) is 0.600. The van der Waals surface area contributed by atoms with Crippen molar-refractivity contribution in [1.29, 1.82) is 0 Å². The van der Waals surface area contributed by atoms with Gasteiger partial charge >= 0.3 is 7.12 Å². The maximum Gasteiger partial charge on any atom is 0.498 e. The van der Waals surface area contributed by atoms with Gasteiger partial charge in [-0.15, -0.1) is 0 Å². The molecule has 0 spiro atoms. The summed E-state index contributed by atoms with van der Waals surface area (Å²) in [7, 11) is -3.97. The third kappa shape index (κ3) is 3.16. The second-order valence-electron chi connectivity index (χ2n) is 6.49. The third-order valence-corrected chi connectivity index (χ3v) is 5.33. The van der Waals surface area contributed by atoms with Crippen LogP contribution in [0.5, 0.6) is 5.75 Å². The zero-order chi connectivity index (χ0) is 16.8. The van der Waals surface area contributed by atoms with Crippen molar-refractivity contribution in [3.05, 3.63) is 18.2 Å². The lowest BCUT2D eigenvalue weighted by molar-refractivity contribution is 0.00578. The smallest absolute Gasteiger partial charge is 0.494 e. The molecule has 0 atom stereocenters. The molecule has 7 heteroatoms. The van der Waals surface area contributed by atoms with Crippen molar-refractivity contribution in [2.75, 3.05) is 12.9 Å². The zero-order valence-corrected chi connectivity index (χ0v) is 14.8. The maximum atomic E-state index is 11.8. The first-order valence-electron chi connectivity index (χ1n) is 7.30. The molecule has 1 saturated heterocycles. The lowest BCUT2D eigenvalue weighted by Gasteiger charge is -2.32. The van der Waals surface area contributed by atoms with E-state index in [2.05, 4.69) is 0 Å². The second-order valence-corrected chi connectivity index (χ2v) is 8.51. The van der Waals surface area contributed by atoms with Gasteiger partial charge in [-0.25, -0.2) is 8.42 Å². The van der Waals surface area contributed by atoms with Crippen LogP contribution in [0.15, 0.2) is 23.1 Å². The molecule has 0 amide bonds. The molecule has 0 bridgehead atoms. The molecule has 2 rings (SSSR count). The Morgan fingerprint density at radius 3 is 2.14 bits per heavy atom. The Bertz CT molecular complexity index is 651. The number of rotatable bonds is 4. The quantitative estimate of drug-likeness (QED) is 0.790. The normalized spacial score (nSPS) is 20.2. The van der Waals surface area contributed by atoms with Crippen LogP contribution >= 0.6 is 0 Å². The van der Waals surface area contributed by atoms with Crippen molar-refractivity contribution in [2.24, 2.45) is 0 Å². The summed E-state index contributed by atoms with van der Waals surface area (Å²) >= 11 is 0. The van der Waals surface area contributed by atoms with Gasteiger partial charge in [0.15, 0.2) is 9.84 Å². The van der Waals surface area contributed by atoms with E-state index in [1.807, 2.05) is 34.6 Å². The van der Waals surface area contributed by atoms with Gasteiger partial charge in [-0.2, -0.15) is 0 Å². The highest BCUT2D eigenvalue weighted by Gasteiger charge is 2.52. The van der Waals surface area contributed by atoms with Crippen LogP contribution in [0.4, 0.5) is 0 Å². The van der Waals surface area contributed by atoms with E-state index < -0.39 is 28.2 Å². The van der Waals surface area contributed by atoms with Crippen LogP contribution in [0.25, 0.3) is 0 Å². The van der Waals surface area contributed by atoms with Crippen LogP contribution in [-0.2, 0) is 19.1 Å². The van der Waals surface area contributed by atoms with E-state index in [1.165, 1.54) is 12.3 Å². The Hall–Kier alpha value is -1.05. The van der Waals surface area contributed by atoms with Crippen LogP contribution < -0.4 is 10.2 Å². The molecule has 0 aromatic heterocycles. The van der Waals surface area contributed by atoms with Crippen LogP contribution in [0.2, 0.25) is 0 Å². The molecule has 0 N–H and O–H groups in total. The van der Waals surface area contributed by atoms with Crippen molar-refractivity contribution in [3.63, 3.8) is 0 Å². The van der Waals surface area contributed by atoms with Crippen LogP contribution in [0.1, 0.15) is 34.6 Å². The Balaban J connectivity index is 2.49. The molecule has 0 unspecified atom stereocenters. The first-order valence-corrected chi connectivity index (χ1v) is 9.19. The number of hydrogen-bond donors (Lipinski definition) is 0. The number of benzene rings is 1. The molecule has 122 valence electrons. The Morgan fingerprint density at radius 2 is 1.68 bits per heavy atom. The monoisotopic (exact) mass is 326 g/mol. The van der Waals surface area contributed by atoms with E-state index >= 15 is 0 Å². The molecule has 5 nitrogen and oxygen atoms in total. The average molecular weight is 326 g/mol. The van der Waals surface area contributed by atoms with Gasteiger partial charge in [0.05, 0.1) is 22.7 Å². The van der Waals surface area contributed by atoms with Crippen LogP contribution in [-0.4, -0.2) is 39.6 Å². The molecule has 0 radical (unpaired) electrons. The summed E-state index contributed by atoms with van der Waals surface area (Å²) in [5, 5.41) is 0. The fourth-order valence-corrected chi connectivity index (χ4v) is 2.85. The average Bonchev–Trinajstić information content (AvgIpc) is 2.57. The SMILES string of the molecule is CCOc1ccc(S(C)(=O)=O)cc1B1OC(C)(C)C(C)(C)O1. The van der Waals surface area contributed by atoms with Gasteiger partial charge in [-0.1, -0.05) is 0 Å². The number of sulfone groups is 1. The number of ether oxygens (including phenoxy) is 1. The minimum absolute atomic E-state index is 0.223. The number of hydrogen-bond acceptors (Lipinski definition) is 5. The van der Waals surface area contributed by atoms with E-state index in [4.69, 9.17) is 14.0 Å². The standard InChI is InChI=1S/C15H23BO5S/c1-7-19-13-9-8-11(22(6,17)18)10-12(13)16-20-14(2,3)15(4,5)21-16/h8-10H,7H2,1-6H3. The van der Waals surface area contributed by atoms with Crippen molar-refractivity contribution >= 4 is 22.4 Å². The Kier molecular flexibility index (Phi) is 4.36. The second kappa shape index (κ2) is 5.55. The first kappa shape index (κ1) is 17.3. The fourth-order valence-electron chi connectivity index (χ4n) is 2.20. The van der Waals surface area contributed by atoms with Crippen molar-refractivity contribution in [1.82, 2.24) is 0 Å². The minimum Gasteiger partial charge on any atom is -0.494 e. The molecule has 1 aromatic carbocycles.